The molecule has 1 N–H and O–H groups in total. The van der Waals surface area contributed by atoms with Crippen LogP contribution in [0, 0.1) is 5.82 Å². The Hall–Kier alpha value is -3.24. The fourth-order valence-electron chi connectivity index (χ4n) is 3.77. The second-order valence-corrected chi connectivity index (χ2v) is 9.98. The number of carbonyl (C=O) groups is 1. The zero-order valence-corrected chi connectivity index (χ0v) is 21.2. The van der Waals surface area contributed by atoms with Gasteiger partial charge in [0.25, 0.3) is 11.5 Å². The second kappa shape index (κ2) is 9.19. The molecule has 2 heterocycles. The summed E-state index contributed by atoms with van der Waals surface area (Å²) in [5.41, 5.74) is 2.21. The highest BCUT2D eigenvalue weighted by atomic mass is 79.9. The van der Waals surface area contributed by atoms with E-state index in [2.05, 4.69) is 21.2 Å². The minimum atomic E-state index is -1.40. The fraction of sp³-hybridized carbons (Fsp3) is 0.167. The van der Waals surface area contributed by atoms with Gasteiger partial charge in [-0.15, -0.1) is 0 Å². The summed E-state index contributed by atoms with van der Waals surface area (Å²) < 4.78 is 35.6. The van der Waals surface area contributed by atoms with Gasteiger partial charge in [-0.05, 0) is 52.3 Å². The number of hydrogen-bond acceptors (Lipinski definition) is 4. The summed E-state index contributed by atoms with van der Waals surface area (Å²) in [7, 11) is 3.38. The van der Waals surface area contributed by atoms with E-state index in [-0.39, 0.29) is 16.9 Å². The largest absolute Gasteiger partial charge is 0.455 e. The molecular weight excluding hydrogens is 525 g/mol. The first-order chi connectivity index (χ1) is 16.1. The Morgan fingerprint density at radius 3 is 2.47 bits per heavy atom. The van der Waals surface area contributed by atoms with Gasteiger partial charge in [-0.1, -0.05) is 0 Å². The fourth-order valence-corrected chi connectivity index (χ4v) is 4.73. The number of rotatable bonds is 5. The monoisotopic (exact) mass is 545 g/mol. The molecule has 176 valence electrons. The molecule has 0 fully saturated rings. The molecule has 10 heteroatoms. The molecule has 0 saturated carbocycles. The third kappa shape index (κ3) is 4.19. The van der Waals surface area contributed by atoms with Gasteiger partial charge >= 0.3 is 0 Å². The standard InChI is InChI=1S/C24H21BrFN3O4S/c1-27-23(30)21-18-10-16(17-9-14(25)12-28(2)24(17)31)19(29(3)34(4)32)11-20(18)33-22(21)13-5-7-15(26)8-6-13/h5-12H,1-4H3,(H,27,30). The number of benzene rings is 2. The van der Waals surface area contributed by atoms with Crippen molar-refractivity contribution in [2.75, 3.05) is 24.7 Å². The first kappa shape index (κ1) is 23.9. The molecule has 0 radical (unpaired) electrons. The van der Waals surface area contributed by atoms with Crippen molar-refractivity contribution in [2.24, 2.45) is 7.05 Å². The third-order valence-corrected chi connectivity index (χ3v) is 6.93. The maximum absolute atomic E-state index is 13.5. The molecule has 1 amide bonds. The second-order valence-electron chi connectivity index (χ2n) is 7.67. The zero-order chi connectivity index (χ0) is 24.7. The molecule has 0 bridgehead atoms. The number of halogens is 2. The maximum atomic E-state index is 13.5. The van der Waals surface area contributed by atoms with Crippen LogP contribution in [0.1, 0.15) is 10.4 Å². The number of nitrogens with zero attached hydrogens (tertiary/aromatic N) is 2. The molecule has 0 saturated heterocycles. The van der Waals surface area contributed by atoms with Crippen LogP contribution in [0.4, 0.5) is 10.1 Å². The SMILES string of the molecule is CNC(=O)c1c(-c2ccc(F)cc2)oc2cc(N(C)S(C)=O)c(-c3cc(Br)cn(C)c3=O)cc12. The van der Waals surface area contributed by atoms with Gasteiger partial charge < -0.3 is 14.3 Å². The highest BCUT2D eigenvalue weighted by molar-refractivity contribution is 9.10. The lowest BCUT2D eigenvalue weighted by atomic mass is 9.99. The van der Waals surface area contributed by atoms with Crippen molar-refractivity contribution in [1.82, 2.24) is 9.88 Å². The van der Waals surface area contributed by atoms with E-state index in [0.29, 0.717) is 37.8 Å². The van der Waals surface area contributed by atoms with Crippen molar-refractivity contribution in [1.29, 1.82) is 0 Å². The molecule has 1 atom stereocenters. The van der Waals surface area contributed by atoms with E-state index < -0.39 is 22.7 Å². The highest BCUT2D eigenvalue weighted by Crippen LogP contribution is 2.40. The van der Waals surface area contributed by atoms with Gasteiger partial charge in [-0.25, -0.2) is 8.60 Å². The van der Waals surface area contributed by atoms with E-state index in [1.165, 1.54) is 46.4 Å². The first-order valence-corrected chi connectivity index (χ1v) is 12.5. The van der Waals surface area contributed by atoms with E-state index in [4.69, 9.17) is 4.42 Å². The molecule has 34 heavy (non-hydrogen) atoms. The van der Waals surface area contributed by atoms with Crippen molar-refractivity contribution in [2.45, 2.75) is 0 Å². The number of aromatic nitrogens is 1. The zero-order valence-electron chi connectivity index (χ0n) is 18.8. The Morgan fingerprint density at radius 2 is 1.85 bits per heavy atom. The molecule has 1 unspecified atom stereocenters. The average molecular weight is 546 g/mol. The first-order valence-electron chi connectivity index (χ1n) is 10.1. The van der Waals surface area contributed by atoms with Gasteiger partial charge in [0, 0.05) is 60.6 Å². The predicted molar refractivity (Wildman–Crippen MR) is 136 cm³/mol. The molecule has 4 rings (SSSR count). The molecule has 0 aliphatic carbocycles. The summed E-state index contributed by atoms with van der Waals surface area (Å²) in [4.78, 5) is 26.0. The molecule has 7 nitrogen and oxygen atoms in total. The van der Waals surface area contributed by atoms with Gasteiger partial charge in [0.15, 0.2) is 0 Å². The molecule has 2 aromatic carbocycles. The highest BCUT2D eigenvalue weighted by Gasteiger charge is 2.25. The number of nitrogens with one attached hydrogen (secondary N) is 1. The van der Waals surface area contributed by atoms with E-state index >= 15 is 0 Å². The van der Waals surface area contributed by atoms with Gasteiger partial charge in [-0.3, -0.25) is 13.9 Å². The van der Waals surface area contributed by atoms with Crippen molar-refractivity contribution >= 4 is 49.5 Å². The smallest absolute Gasteiger partial charge is 0.258 e. The van der Waals surface area contributed by atoms with Crippen molar-refractivity contribution in [3.63, 3.8) is 0 Å². The van der Waals surface area contributed by atoms with Crippen LogP contribution in [0.3, 0.4) is 0 Å². The van der Waals surface area contributed by atoms with Crippen LogP contribution in [-0.4, -0.2) is 35.0 Å². The lowest BCUT2D eigenvalue weighted by molar-refractivity contribution is 0.0964. The van der Waals surface area contributed by atoms with Crippen molar-refractivity contribution in [3.05, 3.63) is 74.9 Å². The van der Waals surface area contributed by atoms with E-state index in [1.54, 1.807) is 38.5 Å². The van der Waals surface area contributed by atoms with Gasteiger partial charge in [0.05, 0.1) is 16.8 Å². The number of hydrogen-bond donors (Lipinski definition) is 1. The number of anilines is 1. The number of amides is 1. The molecule has 0 aliphatic heterocycles. The number of pyridine rings is 1. The number of aryl methyl sites for hydroxylation is 1. The minimum absolute atomic E-state index is 0.254. The summed E-state index contributed by atoms with van der Waals surface area (Å²) in [5.74, 6) is -0.547. The van der Waals surface area contributed by atoms with Gasteiger partial charge in [-0.2, -0.15) is 0 Å². The van der Waals surface area contributed by atoms with Gasteiger partial charge in [0.2, 0.25) is 0 Å². The van der Waals surface area contributed by atoms with Crippen LogP contribution < -0.4 is 15.2 Å². The van der Waals surface area contributed by atoms with Gasteiger partial charge in [0.1, 0.15) is 28.1 Å². The van der Waals surface area contributed by atoms with Crippen LogP contribution in [0.15, 0.2) is 62.3 Å². The van der Waals surface area contributed by atoms with Crippen LogP contribution in [0.25, 0.3) is 33.4 Å². The molecular formula is C24H21BrFN3O4S. The Balaban J connectivity index is 2.12. The Kier molecular flexibility index (Phi) is 6.46. The van der Waals surface area contributed by atoms with E-state index in [9.17, 15) is 18.2 Å². The van der Waals surface area contributed by atoms with Crippen LogP contribution in [0.2, 0.25) is 0 Å². The number of fused-ring (bicyclic) bond motifs is 1. The average Bonchev–Trinajstić information content (AvgIpc) is 3.18. The predicted octanol–water partition coefficient (Wildman–Crippen LogP) is 4.46. The summed E-state index contributed by atoms with van der Waals surface area (Å²) in [6.45, 7) is 0. The Labute approximate surface area is 205 Å². The normalized spacial score (nSPS) is 12.1. The molecule has 0 spiro atoms. The summed E-state index contributed by atoms with van der Waals surface area (Å²) in [5, 5.41) is 3.09. The number of furan rings is 1. The van der Waals surface area contributed by atoms with E-state index in [1.807, 2.05) is 0 Å². The Morgan fingerprint density at radius 1 is 1.18 bits per heavy atom. The van der Waals surface area contributed by atoms with Crippen LogP contribution in [-0.2, 0) is 18.0 Å². The van der Waals surface area contributed by atoms with Crippen LogP contribution >= 0.6 is 15.9 Å². The molecule has 4 aromatic rings. The van der Waals surface area contributed by atoms with Crippen molar-refractivity contribution < 1.29 is 17.8 Å². The van der Waals surface area contributed by atoms with Crippen LogP contribution in [0.5, 0.6) is 0 Å². The maximum Gasteiger partial charge on any atom is 0.258 e. The topological polar surface area (TPSA) is 84.6 Å². The number of carbonyl (C=O) groups excluding carboxylic acids is 1. The van der Waals surface area contributed by atoms with E-state index in [0.717, 1.165) is 0 Å². The summed E-state index contributed by atoms with van der Waals surface area (Å²) in [6, 6.07) is 10.7. The lowest BCUT2D eigenvalue weighted by Crippen LogP contribution is -2.22. The Bertz CT molecular complexity index is 1510. The summed E-state index contributed by atoms with van der Waals surface area (Å²) >= 11 is 3.43. The summed E-state index contributed by atoms with van der Waals surface area (Å²) in [6.07, 6.45) is 3.17. The molecule has 2 aromatic heterocycles. The van der Waals surface area contributed by atoms with Crippen molar-refractivity contribution in [3.8, 4) is 22.5 Å². The quantitative estimate of drug-likeness (QED) is 0.401. The lowest BCUT2D eigenvalue weighted by Gasteiger charge is -2.20. The molecule has 0 aliphatic rings. The third-order valence-electron chi connectivity index (χ3n) is 5.53. The minimum Gasteiger partial charge on any atom is -0.455 e.